The molecule has 1 saturated heterocycles. The molecule has 1 aliphatic rings. The second-order valence-electron chi connectivity index (χ2n) is 5.76. The van der Waals surface area contributed by atoms with Crippen molar-refractivity contribution in [3.63, 3.8) is 0 Å². The molecule has 0 aliphatic carbocycles. The predicted molar refractivity (Wildman–Crippen MR) is 81.0 cm³/mol. The van der Waals surface area contributed by atoms with Gasteiger partial charge in [-0.2, -0.15) is 0 Å². The van der Waals surface area contributed by atoms with Crippen molar-refractivity contribution in [2.24, 2.45) is 5.73 Å². The van der Waals surface area contributed by atoms with Crippen LogP contribution in [0.25, 0.3) is 0 Å². The van der Waals surface area contributed by atoms with Gasteiger partial charge in [0.25, 0.3) is 0 Å². The molecule has 1 heterocycles. The molecule has 19 heavy (non-hydrogen) atoms. The fourth-order valence-corrected chi connectivity index (χ4v) is 2.85. The van der Waals surface area contributed by atoms with E-state index in [1.807, 2.05) is 0 Å². The number of nitrogens with two attached hydrogens (primary N) is 1. The number of benzene rings is 1. The largest absolute Gasteiger partial charge is 0.329 e. The highest BCUT2D eigenvalue weighted by Crippen LogP contribution is 2.22. The Morgan fingerprint density at radius 3 is 2.32 bits per heavy atom. The van der Waals surface area contributed by atoms with Gasteiger partial charge in [-0.3, -0.25) is 0 Å². The van der Waals surface area contributed by atoms with Crippen LogP contribution in [0.15, 0.2) is 12.1 Å². The molecule has 1 unspecified atom stereocenters. The Kier molecular flexibility index (Phi) is 4.97. The first-order chi connectivity index (χ1) is 9.11. The third-order valence-corrected chi connectivity index (χ3v) is 4.19. The summed E-state index contributed by atoms with van der Waals surface area (Å²) in [6.45, 7) is 9.44. The van der Waals surface area contributed by atoms with Gasteiger partial charge >= 0.3 is 0 Å². The summed E-state index contributed by atoms with van der Waals surface area (Å²) in [6, 6.07) is 4.79. The molecule has 0 aromatic heterocycles. The average Bonchev–Trinajstić information content (AvgIpc) is 2.42. The van der Waals surface area contributed by atoms with Gasteiger partial charge in [-0.15, -0.1) is 0 Å². The van der Waals surface area contributed by atoms with Gasteiger partial charge in [-0.1, -0.05) is 18.6 Å². The molecule has 0 amide bonds. The van der Waals surface area contributed by atoms with Gasteiger partial charge in [0.15, 0.2) is 0 Å². The first-order valence-electron chi connectivity index (χ1n) is 7.40. The Morgan fingerprint density at radius 2 is 1.68 bits per heavy atom. The molecular formula is C16H27N3. The molecule has 3 heteroatoms. The lowest BCUT2D eigenvalue weighted by Gasteiger charge is -2.32. The molecule has 1 atom stereocenters. The van der Waals surface area contributed by atoms with Crippen LogP contribution in [-0.4, -0.2) is 24.6 Å². The highest BCUT2D eigenvalue weighted by Gasteiger charge is 2.18. The number of nitrogens with one attached hydrogen (secondary N) is 1. The van der Waals surface area contributed by atoms with Crippen molar-refractivity contribution in [2.75, 3.05) is 19.6 Å². The lowest BCUT2D eigenvalue weighted by Crippen LogP contribution is -2.45. The zero-order valence-electron chi connectivity index (χ0n) is 12.5. The molecule has 0 bridgehead atoms. The van der Waals surface area contributed by atoms with Gasteiger partial charge in [0.2, 0.25) is 0 Å². The van der Waals surface area contributed by atoms with Gasteiger partial charge in [-0.25, -0.2) is 10.4 Å². The van der Waals surface area contributed by atoms with Crippen molar-refractivity contribution in [1.29, 1.82) is 0 Å². The first-order valence-corrected chi connectivity index (χ1v) is 7.40. The zero-order chi connectivity index (χ0) is 13.8. The molecule has 0 spiro atoms. The monoisotopic (exact) mass is 261 g/mol. The van der Waals surface area contributed by atoms with Gasteiger partial charge in [0.05, 0.1) is 6.04 Å². The van der Waals surface area contributed by atoms with Crippen LogP contribution in [0.2, 0.25) is 0 Å². The first kappa shape index (κ1) is 14.5. The highest BCUT2D eigenvalue weighted by molar-refractivity contribution is 5.38. The summed E-state index contributed by atoms with van der Waals surface area (Å²) < 4.78 is 0. The van der Waals surface area contributed by atoms with Crippen LogP contribution >= 0.6 is 0 Å². The molecule has 1 aromatic rings. The second-order valence-corrected chi connectivity index (χ2v) is 5.76. The van der Waals surface area contributed by atoms with Crippen LogP contribution in [0, 0.1) is 20.8 Å². The van der Waals surface area contributed by atoms with Crippen molar-refractivity contribution in [3.05, 3.63) is 34.4 Å². The number of rotatable bonds is 4. The van der Waals surface area contributed by atoms with Crippen LogP contribution in [0.4, 0.5) is 0 Å². The van der Waals surface area contributed by atoms with E-state index in [0.717, 1.165) is 13.1 Å². The maximum absolute atomic E-state index is 5.99. The molecule has 1 fully saturated rings. The molecule has 1 aromatic carbocycles. The summed E-state index contributed by atoms with van der Waals surface area (Å²) in [5.41, 5.74) is 15.0. The van der Waals surface area contributed by atoms with Crippen molar-refractivity contribution < 1.29 is 0 Å². The minimum atomic E-state index is 0.234. The fourth-order valence-electron chi connectivity index (χ4n) is 2.85. The van der Waals surface area contributed by atoms with E-state index >= 15 is 0 Å². The number of hydrazine groups is 1. The lowest BCUT2D eigenvalue weighted by molar-refractivity contribution is 0.130. The van der Waals surface area contributed by atoms with E-state index in [1.54, 1.807) is 0 Å². The summed E-state index contributed by atoms with van der Waals surface area (Å²) >= 11 is 0. The molecule has 1 aliphatic heterocycles. The number of hydrogen-bond acceptors (Lipinski definition) is 3. The van der Waals surface area contributed by atoms with E-state index in [0.29, 0.717) is 6.54 Å². The second kappa shape index (κ2) is 6.51. The normalized spacial score (nSPS) is 18.5. The quantitative estimate of drug-likeness (QED) is 0.875. The maximum atomic E-state index is 5.99. The van der Waals surface area contributed by atoms with Crippen molar-refractivity contribution in [2.45, 2.75) is 46.1 Å². The smallest absolute Gasteiger partial charge is 0.0589 e. The Balaban J connectivity index is 2.14. The van der Waals surface area contributed by atoms with Gasteiger partial charge in [0, 0.05) is 19.6 Å². The van der Waals surface area contributed by atoms with E-state index in [2.05, 4.69) is 43.3 Å². The summed E-state index contributed by atoms with van der Waals surface area (Å²) in [5.74, 6) is 0. The standard InChI is InChI=1S/C16H27N3/c1-12-9-14(3)15(10-13(12)2)16(11-17)18-19-7-5-4-6-8-19/h9-10,16,18H,4-8,11,17H2,1-3H3. The van der Waals surface area contributed by atoms with Gasteiger partial charge < -0.3 is 5.73 Å². The van der Waals surface area contributed by atoms with Crippen molar-refractivity contribution in [1.82, 2.24) is 10.4 Å². The average molecular weight is 261 g/mol. The SMILES string of the molecule is Cc1cc(C)c(C(CN)NN2CCCCC2)cc1C. The van der Waals surface area contributed by atoms with Gasteiger partial charge in [0.1, 0.15) is 0 Å². The van der Waals surface area contributed by atoms with Gasteiger partial charge in [-0.05, 0) is 55.9 Å². The zero-order valence-corrected chi connectivity index (χ0v) is 12.5. The van der Waals surface area contributed by atoms with Crippen LogP contribution in [-0.2, 0) is 0 Å². The molecule has 0 saturated carbocycles. The van der Waals surface area contributed by atoms with Crippen LogP contribution in [0.5, 0.6) is 0 Å². The van der Waals surface area contributed by atoms with Crippen molar-refractivity contribution in [3.8, 4) is 0 Å². The topological polar surface area (TPSA) is 41.3 Å². The molecule has 0 radical (unpaired) electrons. The number of piperidine rings is 1. The van der Waals surface area contributed by atoms with Crippen LogP contribution in [0.3, 0.4) is 0 Å². The Labute approximate surface area is 117 Å². The summed E-state index contributed by atoms with van der Waals surface area (Å²) in [7, 11) is 0. The van der Waals surface area contributed by atoms with Crippen molar-refractivity contribution >= 4 is 0 Å². The molecule has 2 rings (SSSR count). The van der Waals surface area contributed by atoms with Crippen LogP contribution in [0.1, 0.15) is 47.6 Å². The third kappa shape index (κ3) is 3.56. The van der Waals surface area contributed by atoms with E-state index in [9.17, 15) is 0 Å². The van der Waals surface area contributed by atoms with E-state index < -0.39 is 0 Å². The number of hydrogen-bond donors (Lipinski definition) is 2. The van der Waals surface area contributed by atoms with E-state index in [4.69, 9.17) is 5.73 Å². The summed E-state index contributed by atoms with van der Waals surface area (Å²) in [6.07, 6.45) is 3.93. The summed E-state index contributed by atoms with van der Waals surface area (Å²) in [4.78, 5) is 0. The molecule has 3 N–H and O–H groups in total. The number of aryl methyl sites for hydroxylation is 3. The predicted octanol–water partition coefficient (Wildman–Crippen LogP) is 2.60. The number of nitrogens with zero attached hydrogens (tertiary/aromatic N) is 1. The lowest BCUT2D eigenvalue weighted by atomic mass is 9.96. The summed E-state index contributed by atoms with van der Waals surface area (Å²) in [5, 5.41) is 2.34. The minimum absolute atomic E-state index is 0.234. The highest BCUT2D eigenvalue weighted by atomic mass is 15.5. The third-order valence-electron chi connectivity index (χ3n) is 4.19. The van der Waals surface area contributed by atoms with E-state index in [1.165, 1.54) is 41.5 Å². The molecule has 3 nitrogen and oxygen atoms in total. The fraction of sp³-hybridized carbons (Fsp3) is 0.625. The minimum Gasteiger partial charge on any atom is -0.329 e. The van der Waals surface area contributed by atoms with E-state index in [-0.39, 0.29) is 6.04 Å². The maximum Gasteiger partial charge on any atom is 0.0589 e. The Hall–Kier alpha value is -0.900. The molecule has 106 valence electrons. The Bertz CT molecular complexity index is 422. The molecular weight excluding hydrogens is 234 g/mol. The Morgan fingerprint density at radius 1 is 1.05 bits per heavy atom. The van der Waals surface area contributed by atoms with Crippen LogP contribution < -0.4 is 11.2 Å².